The van der Waals surface area contributed by atoms with Crippen molar-refractivity contribution in [2.45, 2.75) is 27.2 Å². The predicted octanol–water partition coefficient (Wildman–Crippen LogP) is 4.08. The van der Waals surface area contributed by atoms with Crippen LogP contribution in [0.2, 0.25) is 0 Å². The van der Waals surface area contributed by atoms with Crippen molar-refractivity contribution in [3.05, 3.63) is 28.7 Å². The number of carbonyl (C=O) groups is 1. The largest absolute Gasteiger partial charge is 0.494 e. The van der Waals surface area contributed by atoms with Gasteiger partial charge in [0, 0.05) is 10.4 Å². The Balaban J connectivity index is 2.44. The van der Waals surface area contributed by atoms with Gasteiger partial charge in [0.2, 0.25) is 0 Å². The molecule has 0 heterocycles. The van der Waals surface area contributed by atoms with Gasteiger partial charge in [-0.05, 0) is 37.5 Å². The van der Waals surface area contributed by atoms with Gasteiger partial charge in [0.05, 0.1) is 6.61 Å². The maximum absolute atomic E-state index is 11.4. The summed E-state index contributed by atoms with van der Waals surface area (Å²) in [5, 5.41) is 0. The summed E-state index contributed by atoms with van der Waals surface area (Å²) < 4.78 is 6.64. The quantitative estimate of drug-likeness (QED) is 0.791. The van der Waals surface area contributed by atoms with Crippen molar-refractivity contribution in [3.63, 3.8) is 0 Å². The van der Waals surface area contributed by atoms with E-state index in [0.29, 0.717) is 12.5 Å². The second-order valence-electron chi connectivity index (χ2n) is 4.56. The maximum atomic E-state index is 11.4. The molecule has 3 heteroatoms. The lowest BCUT2D eigenvalue weighted by Crippen LogP contribution is -2.20. The van der Waals surface area contributed by atoms with E-state index in [0.717, 1.165) is 16.6 Å². The molecule has 17 heavy (non-hydrogen) atoms. The van der Waals surface area contributed by atoms with Crippen molar-refractivity contribution < 1.29 is 9.53 Å². The topological polar surface area (TPSA) is 26.3 Å². The molecule has 1 aromatic rings. The number of hydrogen-bond donors (Lipinski definition) is 0. The summed E-state index contributed by atoms with van der Waals surface area (Å²) in [7, 11) is 0. The number of carbonyl (C=O) groups excluding carboxylic acids is 1. The van der Waals surface area contributed by atoms with Gasteiger partial charge >= 0.3 is 0 Å². The zero-order valence-corrected chi connectivity index (χ0v) is 12.2. The molecule has 0 N–H and O–H groups in total. The standard InChI is InChI=1S/C14H19BrO2/c1-10(2)14(11(3)16)7-8-17-13-6-4-5-12(15)9-13/h4-6,9-10,14H,7-8H2,1-3H3. The van der Waals surface area contributed by atoms with E-state index in [9.17, 15) is 4.79 Å². The van der Waals surface area contributed by atoms with Crippen LogP contribution in [0.4, 0.5) is 0 Å². The molecule has 0 saturated carbocycles. The van der Waals surface area contributed by atoms with Crippen LogP contribution in [-0.2, 0) is 4.79 Å². The Morgan fingerprint density at radius 2 is 2.12 bits per heavy atom. The Morgan fingerprint density at radius 3 is 2.65 bits per heavy atom. The van der Waals surface area contributed by atoms with Crippen LogP contribution >= 0.6 is 15.9 Å². The normalized spacial score (nSPS) is 12.5. The zero-order valence-electron chi connectivity index (χ0n) is 10.6. The van der Waals surface area contributed by atoms with E-state index in [1.165, 1.54) is 0 Å². The lowest BCUT2D eigenvalue weighted by Gasteiger charge is -2.17. The molecule has 1 atom stereocenters. The molecule has 0 amide bonds. The molecule has 1 rings (SSSR count). The van der Waals surface area contributed by atoms with Gasteiger partial charge in [-0.15, -0.1) is 0 Å². The van der Waals surface area contributed by atoms with Crippen LogP contribution in [0.15, 0.2) is 28.7 Å². The van der Waals surface area contributed by atoms with E-state index in [4.69, 9.17) is 4.74 Å². The fourth-order valence-corrected chi connectivity index (χ4v) is 2.24. The molecular weight excluding hydrogens is 280 g/mol. The van der Waals surface area contributed by atoms with Gasteiger partial charge in [0.1, 0.15) is 11.5 Å². The van der Waals surface area contributed by atoms with Crippen LogP contribution in [0.5, 0.6) is 5.75 Å². The van der Waals surface area contributed by atoms with Crippen LogP contribution < -0.4 is 4.74 Å². The second kappa shape index (κ2) is 6.80. The SMILES string of the molecule is CC(=O)C(CCOc1cccc(Br)c1)C(C)C. The van der Waals surface area contributed by atoms with Crippen molar-refractivity contribution in [1.82, 2.24) is 0 Å². The highest BCUT2D eigenvalue weighted by molar-refractivity contribution is 9.10. The molecule has 0 spiro atoms. The van der Waals surface area contributed by atoms with Crippen molar-refractivity contribution in [1.29, 1.82) is 0 Å². The zero-order chi connectivity index (χ0) is 12.8. The highest BCUT2D eigenvalue weighted by atomic mass is 79.9. The minimum absolute atomic E-state index is 0.0992. The first-order chi connectivity index (χ1) is 8.00. The van der Waals surface area contributed by atoms with Gasteiger partial charge in [0.25, 0.3) is 0 Å². The minimum atomic E-state index is 0.0992. The number of rotatable bonds is 6. The molecule has 0 saturated heterocycles. The summed E-state index contributed by atoms with van der Waals surface area (Å²) in [5.74, 6) is 1.56. The molecule has 94 valence electrons. The molecule has 0 bridgehead atoms. The average Bonchev–Trinajstić information content (AvgIpc) is 2.23. The van der Waals surface area contributed by atoms with E-state index >= 15 is 0 Å². The third kappa shape index (κ3) is 4.90. The van der Waals surface area contributed by atoms with Gasteiger partial charge in [-0.1, -0.05) is 35.8 Å². The smallest absolute Gasteiger partial charge is 0.133 e. The van der Waals surface area contributed by atoms with E-state index in [2.05, 4.69) is 29.8 Å². The van der Waals surface area contributed by atoms with Crippen LogP contribution in [0.3, 0.4) is 0 Å². The lowest BCUT2D eigenvalue weighted by molar-refractivity contribution is -0.122. The Kier molecular flexibility index (Phi) is 5.69. The predicted molar refractivity (Wildman–Crippen MR) is 73.3 cm³/mol. The van der Waals surface area contributed by atoms with Crippen LogP contribution in [0.1, 0.15) is 27.2 Å². The number of hydrogen-bond acceptors (Lipinski definition) is 2. The summed E-state index contributed by atoms with van der Waals surface area (Å²) in [6.45, 7) is 6.39. The third-order valence-electron chi connectivity index (χ3n) is 2.82. The van der Waals surface area contributed by atoms with Gasteiger partial charge < -0.3 is 4.74 Å². The first-order valence-corrected chi connectivity index (χ1v) is 6.69. The van der Waals surface area contributed by atoms with Gasteiger partial charge in [-0.25, -0.2) is 0 Å². The molecule has 0 aliphatic rings. The number of benzene rings is 1. The Morgan fingerprint density at radius 1 is 1.41 bits per heavy atom. The van der Waals surface area contributed by atoms with Crippen molar-refractivity contribution >= 4 is 21.7 Å². The van der Waals surface area contributed by atoms with E-state index in [-0.39, 0.29) is 11.7 Å². The summed E-state index contributed by atoms with van der Waals surface area (Å²) >= 11 is 3.40. The minimum Gasteiger partial charge on any atom is -0.494 e. The molecule has 0 aromatic heterocycles. The molecule has 0 aliphatic carbocycles. The molecule has 0 aliphatic heterocycles. The summed E-state index contributed by atoms with van der Waals surface area (Å²) in [5.41, 5.74) is 0. The van der Waals surface area contributed by atoms with Crippen LogP contribution in [0.25, 0.3) is 0 Å². The van der Waals surface area contributed by atoms with Crippen molar-refractivity contribution in [2.75, 3.05) is 6.61 Å². The fraction of sp³-hybridized carbons (Fsp3) is 0.500. The second-order valence-corrected chi connectivity index (χ2v) is 5.47. The van der Waals surface area contributed by atoms with E-state index < -0.39 is 0 Å². The monoisotopic (exact) mass is 298 g/mol. The average molecular weight is 299 g/mol. The number of halogens is 1. The first-order valence-electron chi connectivity index (χ1n) is 5.89. The van der Waals surface area contributed by atoms with Gasteiger partial charge in [-0.3, -0.25) is 4.79 Å². The number of ether oxygens (including phenoxy) is 1. The Bertz CT molecular complexity index is 374. The molecular formula is C14H19BrO2. The summed E-state index contributed by atoms with van der Waals surface area (Å²) in [4.78, 5) is 11.4. The lowest BCUT2D eigenvalue weighted by atomic mass is 9.89. The highest BCUT2D eigenvalue weighted by Crippen LogP contribution is 2.20. The third-order valence-corrected chi connectivity index (χ3v) is 3.31. The maximum Gasteiger partial charge on any atom is 0.133 e. The van der Waals surface area contributed by atoms with Crippen molar-refractivity contribution in [3.8, 4) is 5.75 Å². The Hall–Kier alpha value is -0.830. The fourth-order valence-electron chi connectivity index (χ4n) is 1.87. The Labute approximate surface area is 111 Å². The number of Topliss-reactive ketones (excluding diaryl/α,β-unsaturated/α-hetero) is 1. The first kappa shape index (κ1) is 14.2. The number of ketones is 1. The molecule has 0 fully saturated rings. The molecule has 1 aromatic carbocycles. The van der Waals surface area contributed by atoms with Gasteiger partial charge in [0.15, 0.2) is 0 Å². The molecule has 0 radical (unpaired) electrons. The summed E-state index contributed by atoms with van der Waals surface area (Å²) in [6.07, 6.45) is 0.777. The van der Waals surface area contributed by atoms with E-state index in [1.807, 2.05) is 24.3 Å². The molecule has 2 nitrogen and oxygen atoms in total. The van der Waals surface area contributed by atoms with Crippen LogP contribution in [-0.4, -0.2) is 12.4 Å². The highest BCUT2D eigenvalue weighted by Gasteiger charge is 2.18. The van der Waals surface area contributed by atoms with Crippen molar-refractivity contribution in [2.24, 2.45) is 11.8 Å². The van der Waals surface area contributed by atoms with E-state index in [1.54, 1.807) is 6.92 Å². The van der Waals surface area contributed by atoms with Crippen LogP contribution in [0, 0.1) is 11.8 Å². The summed E-state index contributed by atoms with van der Waals surface area (Å²) in [6, 6.07) is 7.74. The molecule has 1 unspecified atom stereocenters. The van der Waals surface area contributed by atoms with Gasteiger partial charge in [-0.2, -0.15) is 0 Å².